The molecular weight excluding hydrogens is 257 g/mol. The van der Waals surface area contributed by atoms with E-state index in [4.69, 9.17) is 9.47 Å². The molecule has 1 aromatic rings. The van der Waals surface area contributed by atoms with Crippen molar-refractivity contribution < 1.29 is 13.9 Å². The van der Waals surface area contributed by atoms with E-state index in [1.54, 1.807) is 19.2 Å². The SMILES string of the molecule is CCC(CC)C1CNCC(c2c(F)cccc2OC)O1. The van der Waals surface area contributed by atoms with E-state index >= 15 is 0 Å². The van der Waals surface area contributed by atoms with Gasteiger partial charge in [0, 0.05) is 13.1 Å². The van der Waals surface area contributed by atoms with Crippen molar-refractivity contribution in [1.82, 2.24) is 5.32 Å². The maximum atomic E-state index is 14.1. The molecule has 0 saturated carbocycles. The monoisotopic (exact) mass is 281 g/mol. The standard InChI is InChI=1S/C16H24FNO2/c1-4-11(5-2)14-9-18-10-15(20-14)16-12(17)7-6-8-13(16)19-3/h6-8,11,14-15,18H,4-5,9-10H2,1-3H3. The quantitative estimate of drug-likeness (QED) is 0.898. The molecule has 1 N–H and O–H groups in total. The number of halogens is 1. The number of methoxy groups -OCH3 is 1. The van der Waals surface area contributed by atoms with E-state index < -0.39 is 0 Å². The molecule has 1 saturated heterocycles. The Bertz CT molecular complexity index is 434. The molecule has 1 heterocycles. The predicted molar refractivity (Wildman–Crippen MR) is 77.5 cm³/mol. The van der Waals surface area contributed by atoms with E-state index in [0.717, 1.165) is 19.4 Å². The first-order valence-corrected chi connectivity index (χ1v) is 7.39. The van der Waals surface area contributed by atoms with Gasteiger partial charge in [0.1, 0.15) is 17.7 Å². The Morgan fingerprint density at radius 2 is 2.10 bits per heavy atom. The van der Waals surface area contributed by atoms with Crippen LogP contribution in [0.2, 0.25) is 0 Å². The Balaban J connectivity index is 2.21. The van der Waals surface area contributed by atoms with Gasteiger partial charge in [0.25, 0.3) is 0 Å². The third kappa shape index (κ3) is 3.13. The zero-order valence-corrected chi connectivity index (χ0v) is 12.5. The number of benzene rings is 1. The minimum Gasteiger partial charge on any atom is -0.496 e. The largest absolute Gasteiger partial charge is 0.496 e. The molecule has 2 rings (SSSR count). The van der Waals surface area contributed by atoms with Crippen molar-refractivity contribution >= 4 is 0 Å². The van der Waals surface area contributed by atoms with Crippen LogP contribution in [-0.4, -0.2) is 26.3 Å². The van der Waals surface area contributed by atoms with E-state index in [1.165, 1.54) is 6.07 Å². The maximum absolute atomic E-state index is 14.1. The van der Waals surface area contributed by atoms with E-state index in [1.807, 2.05) is 0 Å². The molecule has 112 valence electrons. The van der Waals surface area contributed by atoms with Crippen LogP contribution in [-0.2, 0) is 4.74 Å². The van der Waals surface area contributed by atoms with E-state index in [0.29, 0.717) is 23.8 Å². The molecular formula is C16H24FNO2. The van der Waals surface area contributed by atoms with Gasteiger partial charge in [-0.15, -0.1) is 0 Å². The summed E-state index contributed by atoms with van der Waals surface area (Å²) in [5.41, 5.74) is 0.526. The Labute approximate surface area is 120 Å². The second kappa shape index (κ2) is 7.04. The molecule has 1 aliphatic heterocycles. The first-order valence-electron chi connectivity index (χ1n) is 7.39. The Morgan fingerprint density at radius 1 is 1.35 bits per heavy atom. The van der Waals surface area contributed by atoms with Crippen molar-refractivity contribution in [3.05, 3.63) is 29.6 Å². The molecule has 0 amide bonds. The van der Waals surface area contributed by atoms with Crippen molar-refractivity contribution in [2.75, 3.05) is 20.2 Å². The van der Waals surface area contributed by atoms with Crippen LogP contribution < -0.4 is 10.1 Å². The fourth-order valence-corrected chi connectivity index (χ4v) is 2.93. The number of rotatable bonds is 5. The molecule has 4 heteroatoms. The lowest BCUT2D eigenvalue weighted by atomic mass is 9.94. The maximum Gasteiger partial charge on any atom is 0.132 e. The summed E-state index contributed by atoms with van der Waals surface area (Å²) in [6.07, 6.45) is 1.99. The molecule has 0 bridgehead atoms. The Hall–Kier alpha value is -1.13. The number of nitrogens with one attached hydrogen (secondary N) is 1. The van der Waals surface area contributed by atoms with E-state index in [2.05, 4.69) is 19.2 Å². The summed E-state index contributed by atoms with van der Waals surface area (Å²) in [7, 11) is 1.56. The Morgan fingerprint density at radius 3 is 2.75 bits per heavy atom. The summed E-state index contributed by atoms with van der Waals surface area (Å²) < 4.78 is 25.6. The summed E-state index contributed by atoms with van der Waals surface area (Å²) in [6.45, 7) is 5.79. The van der Waals surface area contributed by atoms with Gasteiger partial charge in [-0.3, -0.25) is 0 Å². The van der Waals surface area contributed by atoms with Gasteiger partial charge in [0.15, 0.2) is 0 Å². The average molecular weight is 281 g/mol. The lowest BCUT2D eigenvalue weighted by molar-refractivity contribution is -0.0707. The van der Waals surface area contributed by atoms with E-state index in [-0.39, 0.29) is 18.0 Å². The molecule has 1 fully saturated rings. The fourth-order valence-electron chi connectivity index (χ4n) is 2.93. The third-order valence-corrected chi connectivity index (χ3v) is 4.14. The number of ether oxygens (including phenoxy) is 2. The van der Waals surface area contributed by atoms with Gasteiger partial charge < -0.3 is 14.8 Å². The van der Waals surface area contributed by atoms with Crippen molar-refractivity contribution in [2.24, 2.45) is 5.92 Å². The molecule has 2 atom stereocenters. The zero-order chi connectivity index (χ0) is 14.5. The van der Waals surface area contributed by atoms with Crippen LogP contribution in [0.25, 0.3) is 0 Å². The first kappa shape index (κ1) is 15.3. The van der Waals surface area contributed by atoms with E-state index in [9.17, 15) is 4.39 Å². The molecule has 0 radical (unpaired) electrons. The lowest BCUT2D eigenvalue weighted by Gasteiger charge is -2.35. The van der Waals surface area contributed by atoms with Crippen LogP contribution in [0.3, 0.4) is 0 Å². The highest BCUT2D eigenvalue weighted by Gasteiger charge is 2.31. The third-order valence-electron chi connectivity index (χ3n) is 4.14. The van der Waals surface area contributed by atoms with Gasteiger partial charge in [-0.2, -0.15) is 0 Å². The minimum atomic E-state index is -0.287. The van der Waals surface area contributed by atoms with Gasteiger partial charge in [-0.25, -0.2) is 4.39 Å². The van der Waals surface area contributed by atoms with Crippen LogP contribution in [0.15, 0.2) is 18.2 Å². The topological polar surface area (TPSA) is 30.5 Å². The second-order valence-electron chi connectivity index (χ2n) is 5.25. The molecule has 20 heavy (non-hydrogen) atoms. The molecule has 2 unspecified atom stereocenters. The second-order valence-corrected chi connectivity index (χ2v) is 5.25. The van der Waals surface area contributed by atoms with Crippen LogP contribution in [0.5, 0.6) is 5.75 Å². The van der Waals surface area contributed by atoms with Gasteiger partial charge in [-0.05, 0) is 18.1 Å². The summed E-state index contributed by atoms with van der Waals surface area (Å²) in [4.78, 5) is 0. The molecule has 0 aromatic heterocycles. The fraction of sp³-hybridized carbons (Fsp3) is 0.625. The molecule has 0 aliphatic carbocycles. The summed E-state index contributed by atoms with van der Waals surface area (Å²) in [5.74, 6) is 0.798. The zero-order valence-electron chi connectivity index (χ0n) is 12.5. The molecule has 1 aliphatic rings. The highest BCUT2D eigenvalue weighted by Crippen LogP contribution is 2.34. The molecule has 3 nitrogen and oxygen atoms in total. The summed E-state index contributed by atoms with van der Waals surface area (Å²) in [6, 6.07) is 4.90. The van der Waals surface area contributed by atoms with Gasteiger partial charge in [0.05, 0.1) is 18.8 Å². The molecule has 0 spiro atoms. The summed E-state index contributed by atoms with van der Waals surface area (Å²) >= 11 is 0. The highest BCUT2D eigenvalue weighted by molar-refractivity contribution is 5.37. The highest BCUT2D eigenvalue weighted by atomic mass is 19.1. The summed E-state index contributed by atoms with van der Waals surface area (Å²) in [5, 5.41) is 3.36. The average Bonchev–Trinajstić information content (AvgIpc) is 2.48. The predicted octanol–water partition coefficient (Wildman–Crippen LogP) is 3.30. The van der Waals surface area contributed by atoms with Gasteiger partial charge >= 0.3 is 0 Å². The van der Waals surface area contributed by atoms with Crippen LogP contribution in [0.1, 0.15) is 38.4 Å². The van der Waals surface area contributed by atoms with Crippen molar-refractivity contribution in [2.45, 2.75) is 38.9 Å². The van der Waals surface area contributed by atoms with Crippen LogP contribution in [0, 0.1) is 11.7 Å². The van der Waals surface area contributed by atoms with Crippen LogP contribution in [0.4, 0.5) is 4.39 Å². The van der Waals surface area contributed by atoms with Crippen molar-refractivity contribution in [3.63, 3.8) is 0 Å². The first-order chi connectivity index (χ1) is 9.71. The lowest BCUT2D eigenvalue weighted by Crippen LogP contribution is -2.44. The normalized spacial score (nSPS) is 23.1. The minimum absolute atomic E-state index is 0.132. The van der Waals surface area contributed by atoms with Crippen molar-refractivity contribution in [3.8, 4) is 5.75 Å². The van der Waals surface area contributed by atoms with Crippen molar-refractivity contribution in [1.29, 1.82) is 0 Å². The van der Waals surface area contributed by atoms with Gasteiger partial charge in [0.2, 0.25) is 0 Å². The Kier molecular flexibility index (Phi) is 5.38. The number of hydrogen-bond acceptors (Lipinski definition) is 3. The van der Waals surface area contributed by atoms with Crippen LogP contribution >= 0.6 is 0 Å². The number of morpholine rings is 1. The number of hydrogen-bond donors (Lipinski definition) is 1. The van der Waals surface area contributed by atoms with Gasteiger partial charge in [-0.1, -0.05) is 32.8 Å². The molecule has 1 aromatic carbocycles. The smallest absolute Gasteiger partial charge is 0.132 e.